The van der Waals surface area contributed by atoms with Crippen LogP contribution in [0.4, 0.5) is 4.79 Å². The first-order chi connectivity index (χ1) is 11.8. The van der Waals surface area contributed by atoms with E-state index in [9.17, 15) is 4.79 Å². The molecule has 5 heteroatoms. The quantitative estimate of drug-likeness (QED) is 0.777. The van der Waals surface area contributed by atoms with E-state index in [1.54, 1.807) is 17.0 Å². The first kappa shape index (κ1) is 14.8. The number of H-pyrrole nitrogens is 1. The fourth-order valence-electron chi connectivity index (χ4n) is 3.31. The van der Waals surface area contributed by atoms with Crippen LogP contribution in [0.25, 0.3) is 11.0 Å². The summed E-state index contributed by atoms with van der Waals surface area (Å²) in [5, 5.41) is 0. The summed E-state index contributed by atoms with van der Waals surface area (Å²) < 4.78 is 5.42. The number of para-hydroxylation sites is 1. The number of amides is 1. The number of likely N-dealkylation sites (tertiary alicyclic amines) is 1. The van der Waals surface area contributed by atoms with Gasteiger partial charge >= 0.3 is 6.09 Å². The van der Waals surface area contributed by atoms with Gasteiger partial charge < -0.3 is 14.6 Å². The standard InChI is InChI=1S/C19H19N3O2/c23-19(24-15-5-2-1-3-6-15)22-11-8-14(9-12-22)16-13-21-17-7-4-10-20-18(16)17/h1-7,10,13-14,21H,8-9,11-12H2. The van der Waals surface area contributed by atoms with E-state index >= 15 is 0 Å². The van der Waals surface area contributed by atoms with Crippen LogP contribution >= 0.6 is 0 Å². The van der Waals surface area contributed by atoms with Crippen LogP contribution in [0, 0.1) is 0 Å². The first-order valence-electron chi connectivity index (χ1n) is 8.25. The molecular formula is C19H19N3O2. The Hall–Kier alpha value is -2.82. The van der Waals surface area contributed by atoms with Crippen molar-refractivity contribution in [1.29, 1.82) is 0 Å². The second kappa shape index (κ2) is 6.35. The van der Waals surface area contributed by atoms with Gasteiger partial charge in [-0.1, -0.05) is 18.2 Å². The number of hydrogen-bond acceptors (Lipinski definition) is 3. The number of carbonyl (C=O) groups is 1. The van der Waals surface area contributed by atoms with E-state index in [0.29, 0.717) is 24.8 Å². The topological polar surface area (TPSA) is 58.2 Å². The van der Waals surface area contributed by atoms with Crippen LogP contribution in [0.5, 0.6) is 5.75 Å². The van der Waals surface area contributed by atoms with Crippen LogP contribution in [0.3, 0.4) is 0 Å². The summed E-state index contributed by atoms with van der Waals surface area (Å²) in [4.78, 5) is 21.8. The molecular weight excluding hydrogens is 302 g/mol. The number of nitrogens with zero attached hydrogens (tertiary/aromatic N) is 2. The SMILES string of the molecule is O=C(Oc1ccccc1)N1CCC(c2c[nH]c3cccnc23)CC1. The molecule has 1 amide bonds. The maximum absolute atomic E-state index is 12.3. The summed E-state index contributed by atoms with van der Waals surface area (Å²) in [5.41, 5.74) is 3.36. The Labute approximate surface area is 140 Å². The number of aromatic nitrogens is 2. The van der Waals surface area contributed by atoms with Gasteiger partial charge in [-0.3, -0.25) is 4.98 Å². The highest BCUT2D eigenvalue weighted by Gasteiger charge is 2.26. The lowest BCUT2D eigenvalue weighted by Crippen LogP contribution is -2.39. The number of nitrogens with one attached hydrogen (secondary N) is 1. The number of piperidine rings is 1. The van der Waals surface area contributed by atoms with Crippen molar-refractivity contribution in [3.63, 3.8) is 0 Å². The smallest absolute Gasteiger partial charge is 0.410 e. The van der Waals surface area contributed by atoms with Crippen LogP contribution in [0.2, 0.25) is 0 Å². The third-order valence-corrected chi connectivity index (χ3v) is 4.61. The number of fused-ring (bicyclic) bond motifs is 1. The van der Waals surface area contributed by atoms with Gasteiger partial charge in [0.25, 0.3) is 0 Å². The lowest BCUT2D eigenvalue weighted by atomic mass is 9.90. The Morgan fingerprint density at radius 1 is 1.12 bits per heavy atom. The number of hydrogen-bond donors (Lipinski definition) is 1. The van der Waals surface area contributed by atoms with Crippen molar-refractivity contribution < 1.29 is 9.53 Å². The molecule has 0 bridgehead atoms. The molecule has 122 valence electrons. The lowest BCUT2D eigenvalue weighted by Gasteiger charge is -2.31. The van der Waals surface area contributed by atoms with E-state index in [-0.39, 0.29) is 6.09 Å². The summed E-state index contributed by atoms with van der Waals surface area (Å²) in [6.45, 7) is 1.41. The van der Waals surface area contributed by atoms with Crippen LogP contribution < -0.4 is 4.74 Å². The first-order valence-corrected chi connectivity index (χ1v) is 8.25. The molecule has 3 aromatic rings. The second-order valence-electron chi connectivity index (χ2n) is 6.09. The van der Waals surface area contributed by atoms with Gasteiger partial charge in [0.15, 0.2) is 0 Å². The molecule has 1 aliphatic rings. The molecule has 2 aromatic heterocycles. The normalized spacial score (nSPS) is 15.6. The predicted molar refractivity (Wildman–Crippen MR) is 92.1 cm³/mol. The Morgan fingerprint density at radius 3 is 2.71 bits per heavy atom. The Balaban J connectivity index is 1.41. The number of benzene rings is 1. The predicted octanol–water partition coefficient (Wildman–Crippen LogP) is 3.94. The maximum atomic E-state index is 12.3. The van der Waals surface area contributed by atoms with Gasteiger partial charge in [0.1, 0.15) is 5.75 Å². The zero-order chi connectivity index (χ0) is 16.4. The van der Waals surface area contributed by atoms with Crippen LogP contribution in [0.1, 0.15) is 24.3 Å². The monoisotopic (exact) mass is 321 g/mol. The molecule has 0 unspecified atom stereocenters. The molecule has 24 heavy (non-hydrogen) atoms. The molecule has 1 saturated heterocycles. The average molecular weight is 321 g/mol. The van der Waals surface area contributed by atoms with Gasteiger partial charge in [-0.15, -0.1) is 0 Å². The minimum atomic E-state index is -0.267. The van der Waals surface area contributed by atoms with Gasteiger partial charge in [0, 0.05) is 25.5 Å². The third kappa shape index (κ3) is 2.85. The summed E-state index contributed by atoms with van der Waals surface area (Å²) >= 11 is 0. The van der Waals surface area contributed by atoms with Crippen molar-refractivity contribution in [1.82, 2.24) is 14.9 Å². The molecule has 0 radical (unpaired) electrons. The van der Waals surface area contributed by atoms with Crippen molar-refractivity contribution in [2.75, 3.05) is 13.1 Å². The van der Waals surface area contributed by atoms with Crippen molar-refractivity contribution in [2.45, 2.75) is 18.8 Å². The van der Waals surface area contributed by atoms with E-state index in [0.717, 1.165) is 23.9 Å². The zero-order valence-corrected chi connectivity index (χ0v) is 13.3. The summed E-state index contributed by atoms with van der Waals surface area (Å²) in [7, 11) is 0. The van der Waals surface area contributed by atoms with Gasteiger partial charge in [-0.25, -0.2) is 4.79 Å². The van der Waals surface area contributed by atoms with Crippen molar-refractivity contribution in [3.8, 4) is 5.75 Å². The highest BCUT2D eigenvalue weighted by molar-refractivity contribution is 5.79. The molecule has 0 aliphatic carbocycles. The fraction of sp³-hybridized carbons (Fsp3) is 0.263. The highest BCUT2D eigenvalue weighted by atomic mass is 16.6. The number of carbonyl (C=O) groups excluding carboxylic acids is 1. The summed E-state index contributed by atoms with van der Waals surface area (Å²) in [5.74, 6) is 1.01. The number of rotatable bonds is 2. The Kier molecular flexibility index (Phi) is 3.91. The molecule has 0 saturated carbocycles. The minimum Gasteiger partial charge on any atom is -0.410 e. The van der Waals surface area contributed by atoms with E-state index in [4.69, 9.17) is 4.74 Å². The van der Waals surface area contributed by atoms with E-state index in [2.05, 4.69) is 16.2 Å². The number of pyridine rings is 1. The molecule has 4 rings (SSSR count). The summed E-state index contributed by atoms with van der Waals surface area (Å²) in [6, 6.07) is 13.2. The second-order valence-corrected chi connectivity index (χ2v) is 6.09. The maximum Gasteiger partial charge on any atom is 0.415 e. The molecule has 0 spiro atoms. The Morgan fingerprint density at radius 2 is 1.92 bits per heavy atom. The number of ether oxygens (including phenoxy) is 1. The molecule has 1 fully saturated rings. The van der Waals surface area contributed by atoms with Gasteiger partial charge in [0.05, 0.1) is 11.0 Å². The Bertz CT molecular complexity index is 836. The molecule has 0 atom stereocenters. The molecule has 5 nitrogen and oxygen atoms in total. The highest BCUT2D eigenvalue weighted by Crippen LogP contribution is 2.32. The summed E-state index contributed by atoms with van der Waals surface area (Å²) in [6.07, 6.45) is 5.46. The van der Waals surface area contributed by atoms with Gasteiger partial charge in [0.2, 0.25) is 0 Å². The minimum absolute atomic E-state index is 0.267. The molecule has 1 aliphatic heterocycles. The average Bonchev–Trinajstić information content (AvgIpc) is 3.07. The van der Waals surface area contributed by atoms with Gasteiger partial charge in [-0.2, -0.15) is 0 Å². The van der Waals surface area contributed by atoms with Crippen molar-refractivity contribution in [3.05, 3.63) is 60.4 Å². The van der Waals surface area contributed by atoms with E-state index in [1.165, 1.54) is 5.56 Å². The lowest BCUT2D eigenvalue weighted by molar-refractivity contribution is 0.139. The van der Waals surface area contributed by atoms with E-state index < -0.39 is 0 Å². The van der Waals surface area contributed by atoms with Crippen LogP contribution in [0.15, 0.2) is 54.9 Å². The van der Waals surface area contributed by atoms with Gasteiger partial charge in [-0.05, 0) is 48.6 Å². The number of aromatic amines is 1. The zero-order valence-electron chi connectivity index (χ0n) is 13.3. The van der Waals surface area contributed by atoms with Crippen LogP contribution in [-0.4, -0.2) is 34.1 Å². The van der Waals surface area contributed by atoms with E-state index in [1.807, 2.05) is 36.5 Å². The van der Waals surface area contributed by atoms with Crippen molar-refractivity contribution >= 4 is 17.1 Å². The molecule has 1 aromatic carbocycles. The van der Waals surface area contributed by atoms with Crippen LogP contribution in [-0.2, 0) is 0 Å². The molecule has 1 N–H and O–H groups in total. The molecule has 3 heterocycles. The van der Waals surface area contributed by atoms with Crippen molar-refractivity contribution in [2.24, 2.45) is 0 Å². The fourth-order valence-corrected chi connectivity index (χ4v) is 3.31. The third-order valence-electron chi connectivity index (χ3n) is 4.61. The largest absolute Gasteiger partial charge is 0.415 e.